The third kappa shape index (κ3) is 3.59. The Bertz CT molecular complexity index is 416. The van der Waals surface area contributed by atoms with Crippen molar-refractivity contribution >= 4 is 11.8 Å². The number of aryl methyl sites for hydroxylation is 1. The fourth-order valence-corrected chi connectivity index (χ4v) is 1.53. The summed E-state index contributed by atoms with van der Waals surface area (Å²) in [6.45, 7) is 7.52. The smallest absolute Gasteiger partial charge is 0.339 e. The van der Waals surface area contributed by atoms with Gasteiger partial charge in [0.25, 0.3) is 0 Å². The number of carbonyl (C=O) groups is 1. The van der Waals surface area contributed by atoms with Crippen LogP contribution in [0.4, 0.5) is 5.82 Å². The van der Waals surface area contributed by atoms with Gasteiger partial charge in [0.1, 0.15) is 5.82 Å². The largest absolute Gasteiger partial charge is 0.465 e. The molecule has 0 radical (unpaired) electrons. The highest BCUT2D eigenvalue weighted by Gasteiger charge is 2.11. The standard InChI is InChI=1S/C13H18N2O2/c1-5-6-9(2)14-12-8-7-11(10(3)15-12)13(16)17-4/h5,7-9H,1,6H2,2-4H3,(H,14,15). The molecule has 0 bridgehead atoms. The van der Waals surface area contributed by atoms with Crippen LogP contribution in [-0.2, 0) is 4.74 Å². The summed E-state index contributed by atoms with van der Waals surface area (Å²) in [4.78, 5) is 15.7. The molecule has 0 spiro atoms. The second-order valence-corrected chi connectivity index (χ2v) is 3.89. The Kier molecular flexibility index (Phi) is 4.69. The summed E-state index contributed by atoms with van der Waals surface area (Å²) in [5.74, 6) is 0.394. The first-order valence-electron chi connectivity index (χ1n) is 5.52. The van der Waals surface area contributed by atoms with Crippen LogP contribution in [0.25, 0.3) is 0 Å². The minimum Gasteiger partial charge on any atom is -0.465 e. The van der Waals surface area contributed by atoms with E-state index in [2.05, 4.69) is 21.6 Å². The van der Waals surface area contributed by atoms with E-state index in [0.717, 1.165) is 12.2 Å². The van der Waals surface area contributed by atoms with Gasteiger partial charge in [0, 0.05) is 6.04 Å². The van der Waals surface area contributed by atoms with Crippen LogP contribution in [0.1, 0.15) is 29.4 Å². The quantitative estimate of drug-likeness (QED) is 0.628. The average Bonchev–Trinajstić information content (AvgIpc) is 2.28. The third-order valence-corrected chi connectivity index (χ3v) is 2.41. The molecule has 17 heavy (non-hydrogen) atoms. The highest BCUT2D eigenvalue weighted by atomic mass is 16.5. The lowest BCUT2D eigenvalue weighted by Gasteiger charge is -2.13. The van der Waals surface area contributed by atoms with E-state index < -0.39 is 0 Å². The van der Waals surface area contributed by atoms with Crippen LogP contribution >= 0.6 is 0 Å². The van der Waals surface area contributed by atoms with E-state index in [-0.39, 0.29) is 12.0 Å². The maximum Gasteiger partial charge on any atom is 0.339 e. The molecule has 1 rings (SSSR count). The minimum atomic E-state index is -0.360. The first kappa shape index (κ1) is 13.2. The molecule has 1 N–H and O–H groups in total. The zero-order chi connectivity index (χ0) is 12.8. The monoisotopic (exact) mass is 234 g/mol. The highest BCUT2D eigenvalue weighted by Crippen LogP contribution is 2.13. The molecular weight excluding hydrogens is 216 g/mol. The number of nitrogens with one attached hydrogen (secondary N) is 1. The second-order valence-electron chi connectivity index (χ2n) is 3.89. The molecule has 1 unspecified atom stereocenters. The first-order chi connectivity index (χ1) is 8.08. The molecule has 1 atom stereocenters. The van der Waals surface area contributed by atoms with Crippen molar-refractivity contribution in [3.63, 3.8) is 0 Å². The van der Waals surface area contributed by atoms with Crippen molar-refractivity contribution in [1.82, 2.24) is 4.98 Å². The van der Waals surface area contributed by atoms with Gasteiger partial charge in [-0.3, -0.25) is 0 Å². The Balaban J connectivity index is 2.81. The lowest BCUT2D eigenvalue weighted by molar-refractivity contribution is 0.0599. The van der Waals surface area contributed by atoms with Crippen LogP contribution in [-0.4, -0.2) is 24.1 Å². The molecule has 1 aromatic heterocycles. The van der Waals surface area contributed by atoms with E-state index in [9.17, 15) is 4.79 Å². The zero-order valence-corrected chi connectivity index (χ0v) is 10.5. The molecule has 0 aromatic carbocycles. The predicted molar refractivity (Wildman–Crippen MR) is 68.2 cm³/mol. The maximum atomic E-state index is 11.4. The van der Waals surface area contributed by atoms with Crippen LogP contribution in [0.2, 0.25) is 0 Å². The number of hydrogen-bond donors (Lipinski definition) is 1. The van der Waals surface area contributed by atoms with Crippen molar-refractivity contribution in [2.75, 3.05) is 12.4 Å². The van der Waals surface area contributed by atoms with Gasteiger partial charge in [-0.05, 0) is 32.4 Å². The molecule has 0 aliphatic carbocycles. The molecule has 0 saturated carbocycles. The van der Waals surface area contributed by atoms with Crippen molar-refractivity contribution in [3.8, 4) is 0 Å². The molecule has 1 heterocycles. The molecule has 0 aliphatic rings. The number of carbonyl (C=O) groups excluding carboxylic acids is 1. The van der Waals surface area contributed by atoms with E-state index in [0.29, 0.717) is 11.3 Å². The fraction of sp³-hybridized carbons (Fsp3) is 0.385. The summed E-state index contributed by atoms with van der Waals surface area (Å²) < 4.78 is 4.66. The van der Waals surface area contributed by atoms with Gasteiger partial charge in [-0.25, -0.2) is 9.78 Å². The van der Waals surface area contributed by atoms with E-state index in [1.54, 1.807) is 19.1 Å². The predicted octanol–water partition coefficient (Wildman–Crippen LogP) is 2.55. The number of aromatic nitrogens is 1. The molecule has 0 aliphatic heterocycles. The summed E-state index contributed by atoms with van der Waals surface area (Å²) in [6, 6.07) is 3.76. The topological polar surface area (TPSA) is 51.2 Å². The lowest BCUT2D eigenvalue weighted by atomic mass is 10.2. The van der Waals surface area contributed by atoms with E-state index in [1.165, 1.54) is 7.11 Å². The molecular formula is C13H18N2O2. The highest BCUT2D eigenvalue weighted by molar-refractivity contribution is 5.90. The minimum absolute atomic E-state index is 0.267. The van der Waals surface area contributed by atoms with Crippen molar-refractivity contribution < 1.29 is 9.53 Å². The number of anilines is 1. The molecule has 92 valence electrons. The lowest BCUT2D eigenvalue weighted by Crippen LogP contribution is -2.16. The van der Waals surface area contributed by atoms with Crippen molar-refractivity contribution in [2.24, 2.45) is 0 Å². The van der Waals surface area contributed by atoms with Gasteiger partial charge in [-0.2, -0.15) is 0 Å². The number of esters is 1. The fourth-order valence-electron chi connectivity index (χ4n) is 1.53. The molecule has 0 saturated heterocycles. The Hall–Kier alpha value is -1.84. The van der Waals surface area contributed by atoms with Crippen LogP contribution in [0.3, 0.4) is 0 Å². The van der Waals surface area contributed by atoms with Gasteiger partial charge < -0.3 is 10.1 Å². The number of rotatable bonds is 5. The number of hydrogen-bond acceptors (Lipinski definition) is 4. The van der Waals surface area contributed by atoms with Crippen LogP contribution in [0.5, 0.6) is 0 Å². The summed E-state index contributed by atoms with van der Waals surface area (Å²) in [6.07, 6.45) is 2.72. The molecule has 0 fully saturated rings. The Morgan fingerprint density at radius 2 is 2.35 bits per heavy atom. The molecule has 4 heteroatoms. The summed E-state index contributed by atoms with van der Waals surface area (Å²) in [5, 5.41) is 3.23. The van der Waals surface area contributed by atoms with Crippen LogP contribution < -0.4 is 5.32 Å². The van der Waals surface area contributed by atoms with Crippen molar-refractivity contribution in [1.29, 1.82) is 0 Å². The maximum absolute atomic E-state index is 11.4. The normalized spacial score (nSPS) is 11.7. The van der Waals surface area contributed by atoms with E-state index >= 15 is 0 Å². The molecule has 1 aromatic rings. The summed E-state index contributed by atoms with van der Waals surface area (Å²) >= 11 is 0. The third-order valence-electron chi connectivity index (χ3n) is 2.41. The molecule has 4 nitrogen and oxygen atoms in total. The number of methoxy groups -OCH3 is 1. The average molecular weight is 234 g/mol. The van der Waals surface area contributed by atoms with Crippen molar-refractivity contribution in [2.45, 2.75) is 26.3 Å². The number of ether oxygens (including phenoxy) is 1. The van der Waals surface area contributed by atoms with Crippen LogP contribution in [0.15, 0.2) is 24.8 Å². The van der Waals surface area contributed by atoms with Gasteiger partial charge in [-0.15, -0.1) is 6.58 Å². The Labute approximate surface area is 102 Å². The van der Waals surface area contributed by atoms with Crippen LogP contribution in [0, 0.1) is 6.92 Å². The Morgan fingerprint density at radius 1 is 1.65 bits per heavy atom. The summed E-state index contributed by atoms with van der Waals surface area (Å²) in [5.41, 5.74) is 1.15. The van der Waals surface area contributed by atoms with Gasteiger partial charge in [0.05, 0.1) is 18.4 Å². The molecule has 0 amide bonds. The first-order valence-corrected chi connectivity index (χ1v) is 5.52. The van der Waals surface area contributed by atoms with Crippen molar-refractivity contribution in [3.05, 3.63) is 36.0 Å². The number of nitrogens with zero attached hydrogens (tertiary/aromatic N) is 1. The van der Waals surface area contributed by atoms with Gasteiger partial charge in [0.2, 0.25) is 0 Å². The second kappa shape index (κ2) is 6.03. The van der Waals surface area contributed by atoms with E-state index in [4.69, 9.17) is 0 Å². The number of pyridine rings is 1. The Morgan fingerprint density at radius 3 is 2.88 bits per heavy atom. The van der Waals surface area contributed by atoms with Gasteiger partial charge in [-0.1, -0.05) is 6.08 Å². The zero-order valence-electron chi connectivity index (χ0n) is 10.5. The van der Waals surface area contributed by atoms with Gasteiger partial charge >= 0.3 is 5.97 Å². The van der Waals surface area contributed by atoms with Gasteiger partial charge in [0.15, 0.2) is 0 Å². The summed E-state index contributed by atoms with van der Waals surface area (Å²) in [7, 11) is 1.36. The SMILES string of the molecule is C=CCC(C)Nc1ccc(C(=O)OC)c(C)n1. The van der Waals surface area contributed by atoms with E-state index in [1.807, 2.05) is 13.0 Å².